The summed E-state index contributed by atoms with van der Waals surface area (Å²) in [4.78, 5) is 16.8. The standard InChI is InChI=1S/C18H10F2N4O4/c19-18(20)27-13-5-1-3-11(15(13)28-18)16(25)22-17-21-14-6-2-4-12(24(14)23-17)10-7-8-26-9-10/h1-9H,(H,22,23,25). The lowest BCUT2D eigenvalue weighted by atomic mass is 10.2. The highest BCUT2D eigenvalue weighted by molar-refractivity contribution is 6.06. The van der Waals surface area contributed by atoms with Gasteiger partial charge in [-0.25, -0.2) is 4.52 Å². The average Bonchev–Trinajstić information content (AvgIpc) is 3.37. The normalized spacial score (nSPS) is 14.4. The summed E-state index contributed by atoms with van der Waals surface area (Å²) >= 11 is 0. The molecule has 0 bridgehead atoms. The first kappa shape index (κ1) is 16.2. The quantitative estimate of drug-likeness (QED) is 0.581. The van der Waals surface area contributed by atoms with Crippen LogP contribution < -0.4 is 14.8 Å². The number of amides is 1. The van der Waals surface area contributed by atoms with Crippen LogP contribution in [0.5, 0.6) is 11.5 Å². The maximum absolute atomic E-state index is 13.3. The number of carbonyl (C=O) groups is 1. The van der Waals surface area contributed by atoms with E-state index < -0.39 is 12.2 Å². The molecule has 140 valence electrons. The lowest BCUT2D eigenvalue weighted by Gasteiger charge is -2.06. The molecule has 0 aliphatic carbocycles. The first-order valence-corrected chi connectivity index (χ1v) is 8.09. The van der Waals surface area contributed by atoms with Gasteiger partial charge < -0.3 is 13.9 Å². The predicted molar refractivity (Wildman–Crippen MR) is 91.3 cm³/mol. The van der Waals surface area contributed by atoms with Crippen molar-refractivity contribution in [2.24, 2.45) is 0 Å². The Morgan fingerprint density at radius 2 is 1.96 bits per heavy atom. The van der Waals surface area contributed by atoms with E-state index in [0.29, 0.717) is 11.3 Å². The third-order valence-corrected chi connectivity index (χ3v) is 4.08. The van der Waals surface area contributed by atoms with E-state index in [1.165, 1.54) is 29.0 Å². The predicted octanol–water partition coefficient (Wildman–Crippen LogP) is 3.56. The van der Waals surface area contributed by atoms with Gasteiger partial charge in [-0.2, -0.15) is 4.98 Å². The van der Waals surface area contributed by atoms with Gasteiger partial charge in [-0.05, 0) is 30.3 Å². The number of fused-ring (bicyclic) bond motifs is 2. The van der Waals surface area contributed by atoms with Crippen LogP contribution in [0.25, 0.3) is 16.9 Å². The van der Waals surface area contributed by atoms with Crippen LogP contribution in [0.3, 0.4) is 0 Å². The van der Waals surface area contributed by atoms with E-state index in [1.54, 1.807) is 24.5 Å². The molecular weight excluding hydrogens is 374 g/mol. The Kier molecular flexibility index (Phi) is 3.35. The van der Waals surface area contributed by atoms with E-state index in [-0.39, 0.29) is 23.0 Å². The van der Waals surface area contributed by atoms with Crippen LogP contribution in [0.1, 0.15) is 10.4 Å². The number of nitrogens with one attached hydrogen (secondary N) is 1. The minimum absolute atomic E-state index is 0.00391. The van der Waals surface area contributed by atoms with Gasteiger partial charge in [-0.1, -0.05) is 12.1 Å². The Bertz CT molecular complexity index is 1200. The molecule has 0 saturated heterocycles. The van der Waals surface area contributed by atoms with Crippen LogP contribution >= 0.6 is 0 Å². The van der Waals surface area contributed by atoms with Crippen molar-refractivity contribution in [2.75, 3.05) is 5.32 Å². The maximum atomic E-state index is 13.3. The highest BCUT2D eigenvalue weighted by Gasteiger charge is 2.45. The molecule has 8 nitrogen and oxygen atoms in total. The number of aromatic nitrogens is 3. The second-order valence-electron chi connectivity index (χ2n) is 5.88. The van der Waals surface area contributed by atoms with Gasteiger partial charge in [0.2, 0.25) is 5.95 Å². The molecule has 5 rings (SSSR count). The fourth-order valence-electron chi connectivity index (χ4n) is 2.90. The van der Waals surface area contributed by atoms with Gasteiger partial charge in [-0.3, -0.25) is 10.1 Å². The molecular formula is C18H10F2N4O4. The Hall–Kier alpha value is -3.95. The minimum atomic E-state index is -3.82. The number of hydrogen-bond acceptors (Lipinski definition) is 6. The van der Waals surface area contributed by atoms with Crippen molar-refractivity contribution < 1.29 is 27.5 Å². The van der Waals surface area contributed by atoms with E-state index >= 15 is 0 Å². The largest absolute Gasteiger partial charge is 0.586 e. The molecule has 4 aromatic rings. The number of pyridine rings is 1. The summed E-state index contributed by atoms with van der Waals surface area (Å²) in [6, 6.07) is 11.1. The average molecular weight is 384 g/mol. The number of alkyl halides is 2. The zero-order valence-electron chi connectivity index (χ0n) is 13.9. The number of nitrogens with zero attached hydrogens (tertiary/aromatic N) is 3. The van der Waals surface area contributed by atoms with E-state index in [0.717, 1.165) is 5.56 Å². The summed E-state index contributed by atoms with van der Waals surface area (Å²) in [7, 11) is 0. The van der Waals surface area contributed by atoms with Gasteiger partial charge in [0, 0.05) is 5.56 Å². The number of rotatable bonds is 3. The van der Waals surface area contributed by atoms with E-state index in [9.17, 15) is 13.6 Å². The highest BCUT2D eigenvalue weighted by Crippen LogP contribution is 2.43. The summed E-state index contributed by atoms with van der Waals surface area (Å²) in [6.07, 6.45) is -0.735. The molecule has 0 unspecified atom stereocenters. The molecule has 4 heterocycles. The SMILES string of the molecule is O=C(Nc1nc2cccc(-c3ccoc3)n2n1)c1cccc2c1OC(F)(F)O2. The van der Waals surface area contributed by atoms with Crippen LogP contribution in [0.2, 0.25) is 0 Å². The summed E-state index contributed by atoms with van der Waals surface area (Å²) in [5, 5.41) is 6.76. The molecule has 0 radical (unpaired) electrons. The Morgan fingerprint density at radius 3 is 2.79 bits per heavy atom. The molecule has 28 heavy (non-hydrogen) atoms. The minimum Gasteiger partial charge on any atom is -0.472 e. The van der Waals surface area contributed by atoms with Crippen molar-refractivity contribution in [2.45, 2.75) is 6.29 Å². The van der Waals surface area contributed by atoms with Crippen molar-refractivity contribution in [3.8, 4) is 22.8 Å². The molecule has 1 N–H and O–H groups in total. The van der Waals surface area contributed by atoms with Crippen molar-refractivity contribution in [3.05, 3.63) is 60.6 Å². The van der Waals surface area contributed by atoms with Crippen LogP contribution in [-0.2, 0) is 0 Å². The third kappa shape index (κ3) is 2.62. The number of hydrogen-bond donors (Lipinski definition) is 1. The second-order valence-corrected chi connectivity index (χ2v) is 5.88. The fourth-order valence-corrected chi connectivity index (χ4v) is 2.90. The van der Waals surface area contributed by atoms with Gasteiger partial charge in [-0.15, -0.1) is 13.9 Å². The number of carbonyl (C=O) groups excluding carboxylic acids is 1. The zero-order valence-corrected chi connectivity index (χ0v) is 13.9. The smallest absolute Gasteiger partial charge is 0.472 e. The van der Waals surface area contributed by atoms with Crippen LogP contribution in [0, 0.1) is 0 Å². The van der Waals surface area contributed by atoms with Crippen LogP contribution in [-0.4, -0.2) is 26.8 Å². The Balaban J connectivity index is 1.48. The number of anilines is 1. The van der Waals surface area contributed by atoms with E-state index in [2.05, 4.69) is 24.9 Å². The summed E-state index contributed by atoms with van der Waals surface area (Å²) in [6.45, 7) is 0. The molecule has 1 aliphatic heterocycles. The first-order valence-electron chi connectivity index (χ1n) is 8.09. The molecule has 1 aliphatic rings. The topological polar surface area (TPSA) is 90.9 Å². The van der Waals surface area contributed by atoms with Gasteiger partial charge in [0.25, 0.3) is 5.91 Å². The van der Waals surface area contributed by atoms with Gasteiger partial charge in [0.05, 0.1) is 23.8 Å². The van der Waals surface area contributed by atoms with E-state index in [1.807, 2.05) is 6.07 Å². The Morgan fingerprint density at radius 1 is 1.11 bits per heavy atom. The van der Waals surface area contributed by atoms with Gasteiger partial charge in [0.15, 0.2) is 17.1 Å². The molecule has 0 saturated carbocycles. The first-order chi connectivity index (χ1) is 13.5. The molecule has 10 heteroatoms. The van der Waals surface area contributed by atoms with Crippen molar-refractivity contribution in [1.29, 1.82) is 0 Å². The highest BCUT2D eigenvalue weighted by atomic mass is 19.3. The molecule has 1 aromatic carbocycles. The van der Waals surface area contributed by atoms with Crippen molar-refractivity contribution >= 4 is 17.5 Å². The lowest BCUT2D eigenvalue weighted by Crippen LogP contribution is -2.26. The lowest BCUT2D eigenvalue weighted by molar-refractivity contribution is -0.286. The zero-order chi connectivity index (χ0) is 19.3. The molecule has 3 aromatic heterocycles. The van der Waals surface area contributed by atoms with Crippen LogP contribution in [0.4, 0.5) is 14.7 Å². The maximum Gasteiger partial charge on any atom is 0.586 e. The number of furan rings is 1. The number of ether oxygens (including phenoxy) is 2. The monoisotopic (exact) mass is 384 g/mol. The number of para-hydroxylation sites is 1. The van der Waals surface area contributed by atoms with Gasteiger partial charge in [0.1, 0.15) is 0 Å². The Labute approximate surface area is 155 Å². The van der Waals surface area contributed by atoms with Gasteiger partial charge >= 0.3 is 6.29 Å². The number of benzene rings is 1. The molecule has 0 atom stereocenters. The third-order valence-electron chi connectivity index (χ3n) is 4.08. The fraction of sp³-hybridized carbons (Fsp3) is 0.0556. The van der Waals surface area contributed by atoms with E-state index in [4.69, 9.17) is 4.42 Å². The summed E-state index contributed by atoms with van der Waals surface area (Å²) in [5.74, 6) is -1.26. The van der Waals surface area contributed by atoms with Crippen molar-refractivity contribution in [1.82, 2.24) is 14.6 Å². The van der Waals surface area contributed by atoms with Crippen LogP contribution in [0.15, 0.2) is 59.4 Å². The summed E-state index contributed by atoms with van der Waals surface area (Å²) in [5.41, 5.74) is 1.85. The summed E-state index contributed by atoms with van der Waals surface area (Å²) < 4.78 is 42.0. The molecule has 1 amide bonds. The molecule has 0 spiro atoms. The molecule has 0 fully saturated rings. The number of halogens is 2. The second kappa shape index (κ2) is 5.78. The van der Waals surface area contributed by atoms with Crippen molar-refractivity contribution in [3.63, 3.8) is 0 Å².